The van der Waals surface area contributed by atoms with E-state index in [1.54, 1.807) is 26.4 Å². The summed E-state index contributed by atoms with van der Waals surface area (Å²) in [6, 6.07) is 3.89. The molecule has 1 atom stereocenters. The third-order valence-corrected chi connectivity index (χ3v) is 6.41. The third kappa shape index (κ3) is 5.96. The van der Waals surface area contributed by atoms with Gasteiger partial charge in [-0.25, -0.2) is 0 Å². The van der Waals surface area contributed by atoms with Crippen molar-refractivity contribution in [3.63, 3.8) is 0 Å². The molecule has 0 spiro atoms. The van der Waals surface area contributed by atoms with Gasteiger partial charge in [0.05, 0.1) is 13.7 Å². The van der Waals surface area contributed by atoms with Crippen LogP contribution < -0.4 is 4.74 Å². The van der Waals surface area contributed by atoms with Crippen molar-refractivity contribution in [2.45, 2.75) is 38.6 Å². The van der Waals surface area contributed by atoms with Gasteiger partial charge in [0.15, 0.2) is 5.76 Å². The molecule has 29 heavy (non-hydrogen) atoms. The molecule has 0 radical (unpaired) electrons. The maximum absolute atomic E-state index is 13.3. The Morgan fingerprint density at radius 2 is 1.97 bits per heavy atom. The number of piperidine rings is 1. The molecule has 2 aliphatic rings. The largest absolute Gasteiger partial charge is 0.468 e. The van der Waals surface area contributed by atoms with Crippen LogP contribution in [0.2, 0.25) is 0 Å². The third-order valence-electron chi connectivity index (χ3n) is 6.41. The number of methoxy groups -OCH3 is 2. The molecule has 164 valence electrons. The smallest absolute Gasteiger partial charge is 0.289 e. The standard InChI is InChI=1S/C22H37N3O4/c1-4-24-11-5-6-19(24)17-25(22(26)20-7-8-21(28-3)29-20)16-18-9-12-23(13-10-18)14-15-27-2/h7-8,18-19H,4-6,9-17H2,1-3H3. The summed E-state index contributed by atoms with van der Waals surface area (Å²) in [5, 5.41) is 0. The molecule has 0 aromatic carbocycles. The molecule has 3 rings (SSSR count). The number of rotatable bonds is 10. The number of hydrogen-bond acceptors (Lipinski definition) is 6. The van der Waals surface area contributed by atoms with Gasteiger partial charge in [0.25, 0.3) is 11.9 Å². The van der Waals surface area contributed by atoms with Crippen LogP contribution in [0.1, 0.15) is 43.2 Å². The van der Waals surface area contributed by atoms with Crippen molar-refractivity contribution in [3.8, 4) is 5.95 Å². The maximum Gasteiger partial charge on any atom is 0.289 e. The van der Waals surface area contributed by atoms with Crippen molar-refractivity contribution in [2.75, 3.05) is 66.6 Å². The lowest BCUT2D eigenvalue weighted by Gasteiger charge is -2.36. The highest BCUT2D eigenvalue weighted by Crippen LogP contribution is 2.24. The molecule has 0 N–H and O–H groups in total. The molecule has 1 amide bonds. The first kappa shape index (κ1) is 22.1. The van der Waals surface area contributed by atoms with Crippen molar-refractivity contribution in [1.82, 2.24) is 14.7 Å². The lowest BCUT2D eigenvalue weighted by molar-refractivity contribution is 0.0582. The van der Waals surface area contributed by atoms with E-state index in [4.69, 9.17) is 13.9 Å². The Hall–Kier alpha value is -1.57. The molecular formula is C22H37N3O4. The van der Waals surface area contributed by atoms with Crippen molar-refractivity contribution in [3.05, 3.63) is 17.9 Å². The van der Waals surface area contributed by atoms with E-state index in [2.05, 4.69) is 16.7 Å². The first-order chi connectivity index (χ1) is 14.1. The molecule has 2 fully saturated rings. The molecule has 0 aliphatic carbocycles. The van der Waals surface area contributed by atoms with Gasteiger partial charge in [0.1, 0.15) is 0 Å². The highest BCUT2D eigenvalue weighted by Gasteiger charge is 2.31. The normalized spacial score (nSPS) is 21.6. The molecule has 7 nitrogen and oxygen atoms in total. The molecule has 0 bridgehead atoms. The van der Waals surface area contributed by atoms with E-state index in [1.165, 1.54) is 6.42 Å². The number of carbonyl (C=O) groups excluding carboxylic acids is 1. The van der Waals surface area contributed by atoms with E-state index in [1.807, 2.05) is 4.90 Å². The molecule has 0 saturated carbocycles. The van der Waals surface area contributed by atoms with Crippen LogP contribution in [0.3, 0.4) is 0 Å². The Balaban J connectivity index is 1.63. The zero-order valence-electron chi connectivity index (χ0n) is 18.3. The van der Waals surface area contributed by atoms with Crippen molar-refractivity contribution in [1.29, 1.82) is 0 Å². The summed E-state index contributed by atoms with van der Waals surface area (Å²) < 4.78 is 15.9. The Kier molecular flexibility index (Phi) is 8.39. The fourth-order valence-electron chi connectivity index (χ4n) is 4.64. The molecule has 2 saturated heterocycles. The zero-order chi connectivity index (χ0) is 20.6. The van der Waals surface area contributed by atoms with Crippen LogP contribution in [0.5, 0.6) is 5.95 Å². The van der Waals surface area contributed by atoms with E-state index < -0.39 is 0 Å². The highest BCUT2D eigenvalue weighted by atomic mass is 16.6. The van der Waals surface area contributed by atoms with Crippen LogP contribution in [0.15, 0.2) is 16.5 Å². The van der Waals surface area contributed by atoms with Gasteiger partial charge in [-0.1, -0.05) is 6.92 Å². The first-order valence-electron chi connectivity index (χ1n) is 11.0. The predicted octanol–water partition coefficient (Wildman–Crippen LogP) is 2.57. The number of likely N-dealkylation sites (N-methyl/N-ethyl adjacent to an activating group) is 1. The quantitative estimate of drug-likeness (QED) is 0.594. The van der Waals surface area contributed by atoms with Crippen molar-refractivity contribution >= 4 is 5.91 Å². The summed E-state index contributed by atoms with van der Waals surface area (Å²) in [5.74, 6) is 1.28. The van der Waals surface area contributed by atoms with Crippen molar-refractivity contribution < 1.29 is 18.7 Å². The van der Waals surface area contributed by atoms with Crippen molar-refractivity contribution in [2.24, 2.45) is 5.92 Å². The Morgan fingerprint density at radius 1 is 1.17 bits per heavy atom. The van der Waals surface area contributed by atoms with E-state index in [0.717, 1.165) is 71.7 Å². The molecular weight excluding hydrogens is 370 g/mol. The SMILES string of the molecule is CCN1CCCC1CN(CC1CCN(CCOC)CC1)C(=O)c1ccc(OC)o1. The minimum atomic E-state index is -0.0157. The van der Waals surface area contributed by atoms with Gasteiger partial charge < -0.3 is 23.7 Å². The van der Waals surface area contributed by atoms with Crippen LogP contribution in [-0.2, 0) is 4.74 Å². The number of nitrogens with zero attached hydrogens (tertiary/aromatic N) is 3. The predicted molar refractivity (Wildman–Crippen MR) is 112 cm³/mol. The van der Waals surface area contributed by atoms with E-state index in [9.17, 15) is 4.79 Å². The molecule has 1 aromatic heterocycles. The van der Waals surface area contributed by atoms with Gasteiger partial charge in [0, 0.05) is 38.9 Å². The summed E-state index contributed by atoms with van der Waals surface area (Å²) in [6.45, 7) is 9.89. The number of furan rings is 1. The summed E-state index contributed by atoms with van der Waals surface area (Å²) in [7, 11) is 3.31. The van der Waals surface area contributed by atoms with Gasteiger partial charge in [-0.2, -0.15) is 0 Å². The first-order valence-corrected chi connectivity index (χ1v) is 11.0. The minimum absolute atomic E-state index is 0.0157. The second-order valence-corrected chi connectivity index (χ2v) is 8.24. The van der Waals surface area contributed by atoms with Crippen LogP contribution in [0.4, 0.5) is 0 Å². The van der Waals surface area contributed by atoms with Gasteiger partial charge in [0.2, 0.25) is 0 Å². The summed E-state index contributed by atoms with van der Waals surface area (Å²) >= 11 is 0. The number of ether oxygens (including phenoxy) is 2. The minimum Gasteiger partial charge on any atom is -0.468 e. The highest BCUT2D eigenvalue weighted by molar-refractivity contribution is 5.91. The summed E-state index contributed by atoms with van der Waals surface area (Å²) in [6.07, 6.45) is 4.62. The van der Waals surface area contributed by atoms with Crippen LogP contribution in [0.25, 0.3) is 0 Å². The zero-order valence-corrected chi connectivity index (χ0v) is 18.3. The number of hydrogen-bond donors (Lipinski definition) is 0. The van der Waals surface area contributed by atoms with E-state index >= 15 is 0 Å². The van der Waals surface area contributed by atoms with Gasteiger partial charge in [-0.15, -0.1) is 0 Å². The molecule has 3 heterocycles. The van der Waals surface area contributed by atoms with E-state index in [0.29, 0.717) is 23.7 Å². The van der Waals surface area contributed by atoms with E-state index in [-0.39, 0.29) is 5.91 Å². The van der Waals surface area contributed by atoms with Gasteiger partial charge in [-0.3, -0.25) is 9.69 Å². The topological polar surface area (TPSA) is 58.4 Å². The molecule has 7 heteroatoms. The Bertz CT molecular complexity index is 627. The number of carbonyl (C=O) groups is 1. The number of amides is 1. The second-order valence-electron chi connectivity index (χ2n) is 8.24. The second kappa shape index (κ2) is 11.0. The summed E-state index contributed by atoms with van der Waals surface area (Å²) in [4.78, 5) is 20.3. The van der Waals surface area contributed by atoms with Crippen LogP contribution in [0, 0.1) is 5.92 Å². The van der Waals surface area contributed by atoms with Crippen LogP contribution in [-0.4, -0.2) is 93.3 Å². The average molecular weight is 408 g/mol. The Morgan fingerprint density at radius 3 is 2.62 bits per heavy atom. The monoisotopic (exact) mass is 407 g/mol. The fourth-order valence-corrected chi connectivity index (χ4v) is 4.64. The molecule has 1 aromatic rings. The number of likely N-dealkylation sites (tertiary alicyclic amines) is 2. The molecule has 2 aliphatic heterocycles. The average Bonchev–Trinajstić information content (AvgIpc) is 3.41. The summed E-state index contributed by atoms with van der Waals surface area (Å²) in [5.41, 5.74) is 0. The lowest BCUT2D eigenvalue weighted by Crippen LogP contribution is -2.46. The lowest BCUT2D eigenvalue weighted by atomic mass is 9.95. The van der Waals surface area contributed by atoms with Gasteiger partial charge in [-0.05, 0) is 63.8 Å². The fraction of sp³-hybridized carbons (Fsp3) is 0.773. The van der Waals surface area contributed by atoms with Crippen LogP contribution >= 0.6 is 0 Å². The Labute approximate surface area is 174 Å². The maximum atomic E-state index is 13.3. The molecule has 1 unspecified atom stereocenters. The van der Waals surface area contributed by atoms with Gasteiger partial charge >= 0.3 is 0 Å².